The van der Waals surface area contributed by atoms with Gasteiger partial charge in [-0.3, -0.25) is 10.1 Å². The lowest BCUT2D eigenvalue weighted by Gasteiger charge is -2.04. The summed E-state index contributed by atoms with van der Waals surface area (Å²) < 4.78 is 5.02. The van der Waals surface area contributed by atoms with Gasteiger partial charge in [-0.2, -0.15) is 0 Å². The maximum Gasteiger partial charge on any atom is 0.219 e. The van der Waals surface area contributed by atoms with Crippen LogP contribution in [0.15, 0.2) is 29.2 Å². The zero-order valence-electron chi connectivity index (χ0n) is 8.67. The molecule has 15 heavy (non-hydrogen) atoms. The smallest absolute Gasteiger partial charge is 0.219 e. The molecule has 0 N–H and O–H groups in total. The first-order valence-corrected chi connectivity index (χ1v) is 5.52. The van der Waals surface area contributed by atoms with Gasteiger partial charge in [-0.25, -0.2) is 0 Å². The molecule has 0 saturated heterocycles. The maximum atomic E-state index is 10.4. The van der Waals surface area contributed by atoms with Crippen LogP contribution in [0.3, 0.4) is 0 Å². The standard InChI is InChI=1S/C10H13NO3S/c1-8(11(12)13)7-15-10-5-3-9(14-2)4-6-10/h3-6,8H,7H2,1-2H3. The second kappa shape index (κ2) is 5.60. The second-order valence-corrected chi connectivity index (χ2v) is 4.21. The van der Waals surface area contributed by atoms with Crippen LogP contribution in [-0.2, 0) is 0 Å². The number of nitro groups is 1. The minimum absolute atomic E-state index is 0.267. The zero-order chi connectivity index (χ0) is 11.3. The third-order valence-electron chi connectivity index (χ3n) is 1.91. The Balaban J connectivity index is 2.47. The largest absolute Gasteiger partial charge is 0.497 e. The number of hydrogen-bond donors (Lipinski definition) is 0. The van der Waals surface area contributed by atoms with Gasteiger partial charge in [0.25, 0.3) is 0 Å². The number of thioether (sulfide) groups is 1. The monoisotopic (exact) mass is 227 g/mol. The van der Waals surface area contributed by atoms with Crippen molar-refractivity contribution in [1.29, 1.82) is 0 Å². The molecule has 0 spiro atoms. The second-order valence-electron chi connectivity index (χ2n) is 3.12. The van der Waals surface area contributed by atoms with E-state index in [0.29, 0.717) is 5.75 Å². The highest BCUT2D eigenvalue weighted by Gasteiger charge is 2.12. The summed E-state index contributed by atoms with van der Waals surface area (Å²) in [5.41, 5.74) is 0. The number of rotatable bonds is 5. The van der Waals surface area contributed by atoms with Crippen molar-refractivity contribution in [3.63, 3.8) is 0 Å². The molecule has 0 aliphatic heterocycles. The molecule has 0 heterocycles. The summed E-state index contributed by atoms with van der Waals surface area (Å²) >= 11 is 1.48. The van der Waals surface area contributed by atoms with Gasteiger partial charge in [0.1, 0.15) is 5.75 Å². The van der Waals surface area contributed by atoms with E-state index in [2.05, 4.69) is 0 Å². The van der Waals surface area contributed by atoms with Gasteiger partial charge in [0.2, 0.25) is 6.04 Å². The van der Waals surface area contributed by atoms with E-state index in [9.17, 15) is 10.1 Å². The molecule has 0 aliphatic rings. The van der Waals surface area contributed by atoms with Crippen LogP contribution in [0.25, 0.3) is 0 Å². The molecular formula is C10H13NO3S. The average molecular weight is 227 g/mol. The van der Waals surface area contributed by atoms with Crippen LogP contribution in [-0.4, -0.2) is 23.8 Å². The molecule has 0 bridgehead atoms. The number of nitrogens with zero attached hydrogens (tertiary/aromatic N) is 1. The Bertz CT molecular complexity index is 326. The van der Waals surface area contributed by atoms with Crippen LogP contribution in [0, 0.1) is 10.1 Å². The zero-order valence-corrected chi connectivity index (χ0v) is 9.49. The van der Waals surface area contributed by atoms with Gasteiger partial charge in [0, 0.05) is 16.7 Å². The predicted octanol–water partition coefficient (Wildman–Crippen LogP) is 2.45. The molecule has 1 rings (SSSR count). The highest BCUT2D eigenvalue weighted by atomic mass is 32.2. The van der Waals surface area contributed by atoms with Gasteiger partial charge in [-0.05, 0) is 24.3 Å². The highest BCUT2D eigenvalue weighted by molar-refractivity contribution is 7.99. The van der Waals surface area contributed by atoms with E-state index in [1.54, 1.807) is 14.0 Å². The van der Waals surface area contributed by atoms with Gasteiger partial charge in [0.05, 0.1) is 12.9 Å². The maximum absolute atomic E-state index is 10.4. The molecular weight excluding hydrogens is 214 g/mol. The van der Waals surface area contributed by atoms with Crippen molar-refractivity contribution in [2.75, 3.05) is 12.9 Å². The van der Waals surface area contributed by atoms with Crippen LogP contribution in [0.2, 0.25) is 0 Å². The fraction of sp³-hybridized carbons (Fsp3) is 0.400. The molecule has 4 nitrogen and oxygen atoms in total. The Morgan fingerprint density at radius 3 is 2.53 bits per heavy atom. The first kappa shape index (κ1) is 11.8. The molecule has 1 aromatic carbocycles. The predicted molar refractivity (Wildman–Crippen MR) is 60.2 cm³/mol. The summed E-state index contributed by atoms with van der Waals surface area (Å²) in [4.78, 5) is 11.1. The van der Waals surface area contributed by atoms with E-state index >= 15 is 0 Å². The molecule has 0 amide bonds. The number of benzene rings is 1. The lowest BCUT2D eigenvalue weighted by molar-refractivity contribution is -0.511. The molecule has 1 unspecified atom stereocenters. The molecule has 0 aliphatic carbocycles. The normalized spacial score (nSPS) is 12.1. The van der Waals surface area contributed by atoms with E-state index in [0.717, 1.165) is 10.6 Å². The molecule has 0 fully saturated rings. The Morgan fingerprint density at radius 1 is 1.47 bits per heavy atom. The quantitative estimate of drug-likeness (QED) is 0.440. The van der Waals surface area contributed by atoms with Gasteiger partial charge in [-0.1, -0.05) is 0 Å². The van der Waals surface area contributed by atoms with Crippen molar-refractivity contribution >= 4 is 11.8 Å². The number of methoxy groups -OCH3 is 1. The van der Waals surface area contributed by atoms with Crippen molar-refractivity contribution in [2.24, 2.45) is 0 Å². The van der Waals surface area contributed by atoms with Crippen LogP contribution in [0.4, 0.5) is 0 Å². The Kier molecular flexibility index (Phi) is 4.42. The van der Waals surface area contributed by atoms with Gasteiger partial charge >= 0.3 is 0 Å². The minimum Gasteiger partial charge on any atom is -0.497 e. The van der Waals surface area contributed by atoms with E-state index in [1.165, 1.54) is 11.8 Å². The summed E-state index contributed by atoms with van der Waals surface area (Å²) in [7, 11) is 1.61. The number of hydrogen-bond acceptors (Lipinski definition) is 4. The van der Waals surface area contributed by atoms with E-state index in [1.807, 2.05) is 24.3 Å². The van der Waals surface area contributed by atoms with Crippen molar-refractivity contribution < 1.29 is 9.66 Å². The summed E-state index contributed by atoms with van der Waals surface area (Å²) in [5, 5.41) is 10.4. The van der Waals surface area contributed by atoms with E-state index in [-0.39, 0.29) is 4.92 Å². The summed E-state index contributed by atoms with van der Waals surface area (Å²) in [5.74, 6) is 1.28. The molecule has 1 aromatic rings. The van der Waals surface area contributed by atoms with E-state index in [4.69, 9.17) is 4.74 Å². The summed E-state index contributed by atoms with van der Waals surface area (Å²) in [6, 6.07) is 6.97. The van der Waals surface area contributed by atoms with Crippen LogP contribution in [0.1, 0.15) is 6.92 Å². The lowest BCUT2D eigenvalue weighted by atomic mass is 10.3. The van der Waals surface area contributed by atoms with Crippen LogP contribution < -0.4 is 4.74 Å². The first-order chi connectivity index (χ1) is 7.13. The lowest BCUT2D eigenvalue weighted by Crippen LogP contribution is -2.17. The topological polar surface area (TPSA) is 52.4 Å². The van der Waals surface area contributed by atoms with Gasteiger partial charge in [-0.15, -0.1) is 11.8 Å². The molecule has 1 atom stereocenters. The Labute approximate surface area is 92.8 Å². The molecule has 82 valence electrons. The average Bonchev–Trinajstić information content (AvgIpc) is 2.26. The van der Waals surface area contributed by atoms with Crippen molar-refractivity contribution in [3.05, 3.63) is 34.4 Å². The van der Waals surface area contributed by atoms with Crippen molar-refractivity contribution in [1.82, 2.24) is 0 Å². The van der Waals surface area contributed by atoms with Crippen molar-refractivity contribution in [3.8, 4) is 5.75 Å². The number of ether oxygens (including phenoxy) is 1. The minimum atomic E-state index is -0.517. The summed E-state index contributed by atoms with van der Waals surface area (Å²) in [6.45, 7) is 1.61. The van der Waals surface area contributed by atoms with Crippen LogP contribution in [0.5, 0.6) is 5.75 Å². The van der Waals surface area contributed by atoms with Gasteiger partial charge < -0.3 is 4.74 Å². The first-order valence-electron chi connectivity index (χ1n) is 4.54. The fourth-order valence-corrected chi connectivity index (χ4v) is 1.83. The molecule has 0 radical (unpaired) electrons. The molecule has 5 heteroatoms. The van der Waals surface area contributed by atoms with Gasteiger partial charge in [0.15, 0.2) is 0 Å². The molecule has 0 aromatic heterocycles. The highest BCUT2D eigenvalue weighted by Crippen LogP contribution is 2.22. The van der Waals surface area contributed by atoms with E-state index < -0.39 is 6.04 Å². The third kappa shape index (κ3) is 3.79. The summed E-state index contributed by atoms with van der Waals surface area (Å²) in [6.07, 6.45) is 0. The SMILES string of the molecule is COc1ccc(SCC(C)[N+](=O)[O-])cc1. The third-order valence-corrected chi connectivity index (χ3v) is 3.17. The molecule has 0 saturated carbocycles. The van der Waals surface area contributed by atoms with Crippen molar-refractivity contribution in [2.45, 2.75) is 17.9 Å². The Hall–Kier alpha value is -1.23. The Morgan fingerprint density at radius 2 is 2.07 bits per heavy atom. The fourth-order valence-electron chi connectivity index (χ4n) is 0.950. The van der Waals surface area contributed by atoms with Crippen LogP contribution >= 0.6 is 11.8 Å².